The van der Waals surface area contributed by atoms with Crippen LogP contribution in [-0.2, 0) is 0 Å². The van der Waals surface area contributed by atoms with Crippen molar-refractivity contribution in [3.63, 3.8) is 0 Å². The average Bonchev–Trinajstić information content (AvgIpc) is 3.85. The summed E-state index contributed by atoms with van der Waals surface area (Å²) in [6, 6.07) is 27.3. The van der Waals surface area contributed by atoms with Crippen LogP contribution in [0.4, 0.5) is 0 Å². The number of aromatic nitrogens is 4. The molecule has 7 aromatic carbocycles. The zero-order chi connectivity index (χ0) is 40.3. The van der Waals surface area contributed by atoms with Gasteiger partial charge < -0.3 is 0 Å². The Kier molecular flexibility index (Phi) is 4.20. The third-order valence-electron chi connectivity index (χ3n) is 8.48. The molecule has 3 heterocycles. The largest absolute Gasteiger partial charge is 0.278 e. The van der Waals surface area contributed by atoms with Gasteiger partial charge in [0.25, 0.3) is 0 Å². The van der Waals surface area contributed by atoms with Gasteiger partial charge in [-0.25, -0.2) is 4.98 Å². The van der Waals surface area contributed by atoms with E-state index in [1.165, 1.54) is 4.57 Å². The summed E-state index contributed by atoms with van der Waals surface area (Å²) in [6.45, 7) is 0. The molecule has 0 fully saturated rings. The minimum Gasteiger partial charge on any atom is -0.278 e. The van der Waals surface area contributed by atoms with E-state index in [1.54, 1.807) is 0 Å². The van der Waals surface area contributed by atoms with E-state index < -0.39 is 36.3 Å². The molecule has 0 atom stereocenters. The topological polar surface area (TPSA) is 43.6 Å². The predicted octanol–water partition coefficient (Wildman–Crippen LogP) is 11.5. The summed E-state index contributed by atoms with van der Waals surface area (Å²) >= 11 is 0.957. The molecule has 5 heteroatoms. The van der Waals surface area contributed by atoms with Gasteiger partial charge in [0.05, 0.1) is 24.7 Å². The molecule has 4 nitrogen and oxygen atoms in total. The third-order valence-corrected chi connectivity index (χ3v) is 9.50. The molecule has 10 aromatic rings. The Labute approximate surface area is 294 Å². The lowest BCUT2D eigenvalue weighted by atomic mass is 9.99. The number of para-hydroxylation sites is 1. The van der Waals surface area contributed by atoms with E-state index in [4.69, 9.17) is 24.5 Å². The van der Waals surface area contributed by atoms with Gasteiger partial charge in [0.15, 0.2) is 11.6 Å². The highest BCUT2D eigenvalue weighted by Crippen LogP contribution is 2.40. The lowest BCUT2D eigenvalue weighted by molar-refractivity contribution is 0.954. The number of hydrogen-bond donors (Lipinski definition) is 0. The fraction of sp³-hybridized carbons (Fsp3) is 0. The molecule has 3 aromatic heterocycles. The van der Waals surface area contributed by atoms with Crippen molar-refractivity contribution in [1.29, 1.82) is 0 Å². The summed E-state index contributed by atoms with van der Waals surface area (Å²) < 4.78 is 90.8. The molecule has 0 N–H and O–H groups in total. The minimum absolute atomic E-state index is 0.00753. The molecule has 10 rings (SSSR count). The van der Waals surface area contributed by atoms with Crippen LogP contribution < -0.4 is 0 Å². The van der Waals surface area contributed by atoms with Crippen molar-refractivity contribution in [1.82, 2.24) is 19.5 Å². The van der Waals surface area contributed by atoms with Crippen LogP contribution in [0.25, 0.3) is 92.6 Å². The van der Waals surface area contributed by atoms with Crippen LogP contribution in [0.1, 0.15) is 13.7 Å². The zero-order valence-electron chi connectivity index (χ0n) is 34.9. The van der Waals surface area contributed by atoms with E-state index in [-0.39, 0.29) is 83.7 Å². The van der Waals surface area contributed by atoms with E-state index in [0.29, 0.717) is 11.1 Å². The Hall–Kier alpha value is -6.17. The fourth-order valence-electron chi connectivity index (χ4n) is 6.21. The van der Waals surface area contributed by atoms with E-state index >= 15 is 0 Å². The van der Waals surface area contributed by atoms with Crippen LogP contribution in [0.15, 0.2) is 157 Å². The monoisotopic (exact) mass is 640 g/mol. The van der Waals surface area contributed by atoms with Crippen LogP contribution in [0.2, 0.25) is 0 Å². The molecule has 224 valence electrons. The van der Waals surface area contributed by atoms with Crippen LogP contribution >= 0.6 is 11.3 Å². The second-order valence-electron chi connectivity index (χ2n) is 11.3. The summed E-state index contributed by atoms with van der Waals surface area (Å²) in [4.78, 5) is 14.8. The highest BCUT2D eigenvalue weighted by atomic mass is 32.1. The number of thiophene rings is 1. The standard InChI is InChI=1S/C43H26N4S/c1-2-12-28(13-3-1)41-44-42(32-16-10-15-30(24-32)31-22-21-27-11-4-5-14-29(27)23-31)46-43(45-41)47-37-19-8-6-17-33(37)35-25-36-34-18-7-9-20-39(34)48-40(36)26-38(35)47/h1-26H/i6D,7D,8D,9D,17D,18D,19D,20D,25D,26D. The molecule has 0 radical (unpaired) electrons. The first-order valence-electron chi connectivity index (χ1n) is 20.2. The van der Waals surface area contributed by atoms with Crippen LogP contribution in [-0.4, -0.2) is 19.5 Å². The summed E-state index contributed by atoms with van der Waals surface area (Å²) in [5.41, 5.74) is 3.15. The summed E-state index contributed by atoms with van der Waals surface area (Å²) in [7, 11) is 0. The molecule has 0 saturated carbocycles. The van der Waals surface area contributed by atoms with Gasteiger partial charge in [-0.1, -0.05) is 121 Å². The molecule has 0 saturated heterocycles. The molecule has 0 spiro atoms. The quantitative estimate of drug-likeness (QED) is 0.192. The van der Waals surface area contributed by atoms with Crippen LogP contribution in [0, 0.1) is 0 Å². The van der Waals surface area contributed by atoms with Crippen molar-refractivity contribution >= 4 is 64.1 Å². The summed E-state index contributed by atoms with van der Waals surface area (Å²) in [5, 5.41) is 2.34. The predicted molar refractivity (Wildman–Crippen MR) is 201 cm³/mol. The molecule has 0 aliphatic carbocycles. The van der Waals surface area contributed by atoms with Gasteiger partial charge in [-0.3, -0.25) is 4.57 Å². The highest BCUT2D eigenvalue weighted by Gasteiger charge is 2.19. The molecule has 0 unspecified atom stereocenters. The van der Waals surface area contributed by atoms with Gasteiger partial charge in [-0.05, 0) is 58.2 Å². The zero-order valence-corrected chi connectivity index (χ0v) is 25.8. The van der Waals surface area contributed by atoms with Gasteiger partial charge in [-0.15, -0.1) is 11.3 Å². The molecule has 0 amide bonds. The molecule has 48 heavy (non-hydrogen) atoms. The summed E-state index contributed by atoms with van der Waals surface area (Å²) in [5.74, 6) is 0.464. The Morgan fingerprint density at radius 2 is 1.19 bits per heavy atom. The Morgan fingerprint density at radius 3 is 2.08 bits per heavy atom. The van der Waals surface area contributed by atoms with Crippen molar-refractivity contribution in [2.24, 2.45) is 0 Å². The van der Waals surface area contributed by atoms with E-state index in [0.717, 1.165) is 33.2 Å². The summed E-state index contributed by atoms with van der Waals surface area (Å²) in [6.07, 6.45) is 0. The third kappa shape index (κ3) is 4.33. The molecule has 0 bridgehead atoms. The van der Waals surface area contributed by atoms with Gasteiger partial charge in [0.2, 0.25) is 5.95 Å². The first-order chi connectivity index (χ1) is 27.9. The maximum absolute atomic E-state index is 9.70. The second kappa shape index (κ2) is 10.7. The molecule has 0 aliphatic rings. The lowest BCUT2D eigenvalue weighted by Crippen LogP contribution is -2.06. The van der Waals surface area contributed by atoms with Crippen molar-refractivity contribution in [3.8, 4) is 39.9 Å². The first-order valence-corrected chi connectivity index (χ1v) is 16.0. The smallest absolute Gasteiger partial charge is 0.238 e. The van der Waals surface area contributed by atoms with Crippen LogP contribution in [0.5, 0.6) is 0 Å². The second-order valence-corrected chi connectivity index (χ2v) is 12.4. The number of hydrogen-bond acceptors (Lipinski definition) is 4. The van der Waals surface area contributed by atoms with E-state index in [1.807, 2.05) is 72.8 Å². The van der Waals surface area contributed by atoms with Crippen molar-refractivity contribution < 1.29 is 13.7 Å². The van der Waals surface area contributed by atoms with Crippen molar-refractivity contribution in [2.45, 2.75) is 0 Å². The molecular formula is C43H26N4S. The Bertz CT molecular complexity index is 3420. The number of fused-ring (bicyclic) bond motifs is 7. The van der Waals surface area contributed by atoms with Crippen LogP contribution in [0.3, 0.4) is 0 Å². The highest BCUT2D eigenvalue weighted by molar-refractivity contribution is 7.25. The van der Waals surface area contributed by atoms with E-state index in [9.17, 15) is 4.11 Å². The fourth-order valence-corrected chi connectivity index (χ4v) is 7.18. The number of benzene rings is 7. The average molecular weight is 641 g/mol. The lowest BCUT2D eigenvalue weighted by Gasteiger charge is -2.12. The minimum atomic E-state index is -0.536. The van der Waals surface area contributed by atoms with E-state index in [2.05, 4.69) is 24.3 Å². The SMILES string of the molecule is [2H]c1c([2H])c([2H])c2c(sc3c([2H])c4c(c([2H])c32)c2c([2H])c([2H])c([2H])c([2H])c2n4-c2nc(-c3ccccc3)nc(-c3cccc(-c4ccc5ccccc5c4)c3)n2)c1[2H]. The van der Waals surface area contributed by atoms with Gasteiger partial charge in [0, 0.05) is 42.1 Å². The Balaban J connectivity index is 1.32. The van der Waals surface area contributed by atoms with Crippen molar-refractivity contribution in [2.75, 3.05) is 0 Å². The van der Waals surface area contributed by atoms with Gasteiger partial charge >= 0.3 is 0 Å². The maximum Gasteiger partial charge on any atom is 0.238 e. The normalized spacial score (nSPS) is 14.7. The van der Waals surface area contributed by atoms with Gasteiger partial charge in [0.1, 0.15) is 0 Å². The molecule has 0 aliphatic heterocycles. The molecular weight excluding hydrogens is 605 g/mol. The van der Waals surface area contributed by atoms with Gasteiger partial charge in [-0.2, -0.15) is 9.97 Å². The number of nitrogens with zero attached hydrogens (tertiary/aromatic N) is 4. The Morgan fingerprint density at radius 1 is 0.479 bits per heavy atom. The first kappa shape index (κ1) is 18.8. The maximum atomic E-state index is 9.70. The number of rotatable bonds is 4. The van der Waals surface area contributed by atoms with Crippen molar-refractivity contribution in [3.05, 3.63) is 157 Å².